The maximum Gasteiger partial charge on any atom is 0.0846 e. The Bertz CT molecular complexity index is 556. The molecule has 0 fully saturated rings. The Morgan fingerprint density at radius 2 is 2.05 bits per heavy atom. The molecule has 0 saturated heterocycles. The van der Waals surface area contributed by atoms with Gasteiger partial charge in [-0.3, -0.25) is 9.36 Å². The Labute approximate surface area is 126 Å². The second-order valence-electron chi connectivity index (χ2n) is 5.32. The van der Waals surface area contributed by atoms with Gasteiger partial charge in [0, 0.05) is 26.2 Å². The van der Waals surface area contributed by atoms with Crippen molar-refractivity contribution in [1.29, 1.82) is 0 Å². The maximum atomic E-state index is 4.66. The van der Waals surface area contributed by atoms with Gasteiger partial charge in [0.1, 0.15) is 0 Å². The second kappa shape index (κ2) is 7.36. The zero-order chi connectivity index (χ0) is 15.2. The highest BCUT2D eigenvalue weighted by atomic mass is 15.4. The highest BCUT2D eigenvalue weighted by Crippen LogP contribution is 2.19. The molecule has 21 heavy (non-hydrogen) atoms. The molecule has 0 aromatic carbocycles. The quantitative estimate of drug-likeness (QED) is 0.806. The molecule has 0 saturated carbocycles. The zero-order valence-electron chi connectivity index (χ0n) is 13.5. The van der Waals surface area contributed by atoms with Crippen molar-refractivity contribution in [1.82, 2.24) is 30.1 Å². The van der Waals surface area contributed by atoms with Crippen LogP contribution < -0.4 is 5.32 Å². The minimum absolute atomic E-state index is 0.231. The number of nitrogens with one attached hydrogen (secondary N) is 1. The van der Waals surface area contributed by atoms with Gasteiger partial charge in [0.15, 0.2) is 0 Å². The summed E-state index contributed by atoms with van der Waals surface area (Å²) >= 11 is 0. The van der Waals surface area contributed by atoms with Crippen LogP contribution in [0, 0.1) is 0 Å². The van der Waals surface area contributed by atoms with Crippen molar-refractivity contribution < 1.29 is 0 Å². The van der Waals surface area contributed by atoms with E-state index in [0.717, 1.165) is 43.7 Å². The lowest BCUT2D eigenvalue weighted by Crippen LogP contribution is -2.26. The predicted molar refractivity (Wildman–Crippen MR) is 83.0 cm³/mol. The van der Waals surface area contributed by atoms with E-state index in [0.29, 0.717) is 0 Å². The largest absolute Gasteiger partial charge is 0.308 e. The van der Waals surface area contributed by atoms with Crippen LogP contribution in [0.4, 0.5) is 0 Å². The molecule has 6 nitrogen and oxygen atoms in total. The van der Waals surface area contributed by atoms with Crippen LogP contribution in [0.25, 0.3) is 0 Å². The molecular weight excluding hydrogens is 264 g/mol. The van der Waals surface area contributed by atoms with E-state index in [1.807, 2.05) is 13.2 Å². The number of rotatable bonds is 8. The molecule has 2 heterocycles. The fourth-order valence-corrected chi connectivity index (χ4v) is 2.49. The molecule has 0 amide bonds. The Morgan fingerprint density at radius 1 is 1.24 bits per heavy atom. The van der Waals surface area contributed by atoms with Crippen molar-refractivity contribution >= 4 is 0 Å². The van der Waals surface area contributed by atoms with Crippen LogP contribution in [-0.2, 0) is 26.4 Å². The zero-order valence-corrected chi connectivity index (χ0v) is 13.5. The van der Waals surface area contributed by atoms with Crippen LogP contribution in [0.3, 0.4) is 0 Å². The molecule has 6 heteroatoms. The molecule has 1 atom stereocenters. The SMILES string of the molecule is CCCNC(Cc1cn(C)nn1)c1cc(CC)nn1CC. The first-order valence-electron chi connectivity index (χ1n) is 7.83. The van der Waals surface area contributed by atoms with Gasteiger partial charge in [0.05, 0.1) is 23.1 Å². The molecule has 2 aromatic heterocycles. The summed E-state index contributed by atoms with van der Waals surface area (Å²) in [4.78, 5) is 0. The second-order valence-corrected chi connectivity index (χ2v) is 5.32. The number of hydrogen-bond acceptors (Lipinski definition) is 4. The molecule has 0 bridgehead atoms. The third kappa shape index (κ3) is 3.91. The standard InChI is InChI=1S/C15H26N6/c1-5-8-16-14(9-13-11-20(4)19-17-13)15-10-12(6-2)18-21(15)7-3/h10-11,14,16H,5-9H2,1-4H3. The predicted octanol–water partition coefficient (Wildman–Crippen LogP) is 1.88. The van der Waals surface area contributed by atoms with E-state index in [1.54, 1.807) is 4.68 Å². The van der Waals surface area contributed by atoms with Crippen LogP contribution >= 0.6 is 0 Å². The molecule has 2 rings (SSSR count). The Morgan fingerprint density at radius 3 is 2.62 bits per heavy atom. The van der Waals surface area contributed by atoms with Gasteiger partial charge in [-0.1, -0.05) is 19.1 Å². The Balaban J connectivity index is 2.23. The first kappa shape index (κ1) is 15.7. The molecular formula is C15H26N6. The molecule has 0 spiro atoms. The Hall–Kier alpha value is -1.69. The summed E-state index contributed by atoms with van der Waals surface area (Å²) in [5.74, 6) is 0. The van der Waals surface area contributed by atoms with Crippen LogP contribution in [0.2, 0.25) is 0 Å². The van der Waals surface area contributed by atoms with Gasteiger partial charge in [0.2, 0.25) is 0 Å². The third-order valence-corrected chi connectivity index (χ3v) is 3.58. The van der Waals surface area contributed by atoms with E-state index in [1.165, 1.54) is 5.69 Å². The summed E-state index contributed by atoms with van der Waals surface area (Å²) < 4.78 is 3.85. The number of nitrogens with zero attached hydrogens (tertiary/aromatic N) is 5. The van der Waals surface area contributed by atoms with Gasteiger partial charge >= 0.3 is 0 Å². The minimum Gasteiger partial charge on any atom is -0.308 e. The molecule has 0 aliphatic carbocycles. The topological polar surface area (TPSA) is 60.6 Å². The van der Waals surface area contributed by atoms with E-state index < -0.39 is 0 Å². The van der Waals surface area contributed by atoms with Crippen LogP contribution in [0.5, 0.6) is 0 Å². The van der Waals surface area contributed by atoms with E-state index in [2.05, 4.69) is 52.2 Å². The summed E-state index contributed by atoms with van der Waals surface area (Å²) in [6, 6.07) is 2.45. The minimum atomic E-state index is 0.231. The molecule has 2 aromatic rings. The lowest BCUT2D eigenvalue weighted by molar-refractivity contribution is 0.474. The summed E-state index contributed by atoms with van der Waals surface area (Å²) in [6.45, 7) is 8.33. The van der Waals surface area contributed by atoms with Gasteiger partial charge in [-0.15, -0.1) is 5.10 Å². The normalized spacial score (nSPS) is 12.8. The van der Waals surface area contributed by atoms with Gasteiger partial charge < -0.3 is 5.32 Å². The summed E-state index contributed by atoms with van der Waals surface area (Å²) in [5.41, 5.74) is 3.40. The lowest BCUT2D eigenvalue weighted by Gasteiger charge is -2.18. The lowest BCUT2D eigenvalue weighted by atomic mass is 10.1. The number of hydrogen-bond donors (Lipinski definition) is 1. The molecule has 0 aliphatic rings. The van der Waals surface area contributed by atoms with Crippen molar-refractivity contribution in [3.63, 3.8) is 0 Å². The van der Waals surface area contributed by atoms with Gasteiger partial charge in [-0.05, 0) is 32.4 Å². The molecule has 116 valence electrons. The molecule has 1 unspecified atom stereocenters. The molecule has 0 aliphatic heterocycles. The van der Waals surface area contributed by atoms with Gasteiger partial charge in [0.25, 0.3) is 0 Å². The fraction of sp³-hybridized carbons (Fsp3) is 0.667. The summed E-state index contributed by atoms with van der Waals surface area (Å²) in [7, 11) is 1.90. The van der Waals surface area contributed by atoms with E-state index in [4.69, 9.17) is 0 Å². The molecule has 1 N–H and O–H groups in total. The molecule has 0 radical (unpaired) electrons. The van der Waals surface area contributed by atoms with E-state index in [9.17, 15) is 0 Å². The smallest absolute Gasteiger partial charge is 0.0846 e. The number of aromatic nitrogens is 5. The third-order valence-electron chi connectivity index (χ3n) is 3.58. The van der Waals surface area contributed by atoms with Crippen molar-refractivity contribution in [3.8, 4) is 0 Å². The monoisotopic (exact) mass is 290 g/mol. The van der Waals surface area contributed by atoms with Crippen molar-refractivity contribution in [2.24, 2.45) is 7.05 Å². The first-order chi connectivity index (χ1) is 10.2. The van der Waals surface area contributed by atoms with Gasteiger partial charge in [-0.25, -0.2) is 0 Å². The number of aryl methyl sites for hydroxylation is 3. The van der Waals surface area contributed by atoms with Crippen LogP contribution in [-0.4, -0.2) is 31.3 Å². The fourth-order valence-electron chi connectivity index (χ4n) is 2.49. The maximum absolute atomic E-state index is 4.66. The van der Waals surface area contributed by atoms with Crippen LogP contribution in [0.15, 0.2) is 12.3 Å². The highest BCUT2D eigenvalue weighted by molar-refractivity contribution is 5.16. The van der Waals surface area contributed by atoms with Crippen molar-refractivity contribution in [2.75, 3.05) is 6.54 Å². The van der Waals surface area contributed by atoms with Crippen molar-refractivity contribution in [2.45, 2.75) is 52.6 Å². The van der Waals surface area contributed by atoms with E-state index in [-0.39, 0.29) is 6.04 Å². The van der Waals surface area contributed by atoms with Gasteiger partial charge in [-0.2, -0.15) is 5.10 Å². The Kier molecular flexibility index (Phi) is 5.50. The highest BCUT2D eigenvalue weighted by Gasteiger charge is 2.19. The summed E-state index contributed by atoms with van der Waals surface area (Å²) in [6.07, 6.45) is 4.89. The average Bonchev–Trinajstić information content (AvgIpc) is 3.09. The van der Waals surface area contributed by atoms with Crippen LogP contribution in [0.1, 0.15) is 50.3 Å². The summed E-state index contributed by atoms with van der Waals surface area (Å²) in [5, 5.41) is 16.5. The van der Waals surface area contributed by atoms with Crippen molar-refractivity contribution in [3.05, 3.63) is 29.3 Å². The first-order valence-corrected chi connectivity index (χ1v) is 7.83. The van der Waals surface area contributed by atoms with E-state index >= 15 is 0 Å². The average molecular weight is 290 g/mol.